The zero-order valence-electron chi connectivity index (χ0n) is 5.42. The molecule has 0 aromatic carbocycles. The molecule has 11 heavy (non-hydrogen) atoms. The number of aromatic nitrogens is 1. The van der Waals surface area contributed by atoms with Crippen LogP contribution in [0, 0.1) is 0 Å². The molecular formula is C6H6F3NS. The summed E-state index contributed by atoms with van der Waals surface area (Å²) in [6, 6.07) is 5.72. The monoisotopic (exact) mass is 181 g/mol. The standard InChI is InChI=1S/C5H5N.CHF3S/c1-2-4-6-5-3-1;2-1(3,4)5/h1-5H;5H. The number of rotatable bonds is 0. The van der Waals surface area contributed by atoms with Crippen molar-refractivity contribution in [3.8, 4) is 0 Å². The lowest BCUT2D eigenvalue weighted by molar-refractivity contribution is -0.0303. The van der Waals surface area contributed by atoms with Gasteiger partial charge in [0.25, 0.3) is 0 Å². The normalized spacial score (nSPS) is 9.82. The van der Waals surface area contributed by atoms with Gasteiger partial charge < -0.3 is 0 Å². The van der Waals surface area contributed by atoms with E-state index in [2.05, 4.69) is 17.6 Å². The van der Waals surface area contributed by atoms with Gasteiger partial charge in [0.2, 0.25) is 0 Å². The van der Waals surface area contributed by atoms with Crippen molar-refractivity contribution in [2.45, 2.75) is 5.51 Å². The molecule has 0 aliphatic heterocycles. The predicted molar refractivity (Wildman–Crippen MR) is 39.3 cm³/mol. The van der Waals surface area contributed by atoms with Crippen molar-refractivity contribution in [1.82, 2.24) is 4.98 Å². The molecule has 0 atom stereocenters. The lowest BCUT2D eigenvalue weighted by atomic mass is 10.5. The molecule has 0 radical (unpaired) electrons. The van der Waals surface area contributed by atoms with Gasteiger partial charge in [-0.25, -0.2) is 0 Å². The number of alkyl halides is 3. The van der Waals surface area contributed by atoms with Crippen molar-refractivity contribution in [1.29, 1.82) is 0 Å². The minimum atomic E-state index is -4.31. The fraction of sp³-hybridized carbons (Fsp3) is 0.167. The van der Waals surface area contributed by atoms with Crippen LogP contribution in [0.4, 0.5) is 13.2 Å². The van der Waals surface area contributed by atoms with Crippen LogP contribution < -0.4 is 0 Å². The first-order valence-corrected chi connectivity index (χ1v) is 3.09. The summed E-state index contributed by atoms with van der Waals surface area (Å²) < 4.78 is 30.7. The number of pyridine rings is 1. The Labute approximate surface area is 67.7 Å². The highest BCUT2D eigenvalue weighted by molar-refractivity contribution is 7.81. The van der Waals surface area contributed by atoms with Crippen LogP contribution >= 0.6 is 12.6 Å². The molecular weight excluding hydrogens is 175 g/mol. The third kappa shape index (κ3) is 17.6. The van der Waals surface area contributed by atoms with Crippen LogP contribution in [0.15, 0.2) is 30.6 Å². The molecule has 62 valence electrons. The molecule has 0 aliphatic rings. The van der Waals surface area contributed by atoms with Gasteiger partial charge in [0, 0.05) is 12.4 Å². The maximum absolute atomic E-state index is 10.2. The van der Waals surface area contributed by atoms with E-state index >= 15 is 0 Å². The van der Waals surface area contributed by atoms with E-state index in [1.54, 1.807) is 12.4 Å². The van der Waals surface area contributed by atoms with Gasteiger partial charge in [0.05, 0.1) is 0 Å². The van der Waals surface area contributed by atoms with Gasteiger partial charge in [-0.15, -0.1) is 0 Å². The number of hydrogen-bond donors (Lipinski definition) is 1. The Morgan fingerprint density at radius 3 is 1.45 bits per heavy atom. The molecule has 0 N–H and O–H groups in total. The lowest BCUT2D eigenvalue weighted by Crippen LogP contribution is -1.89. The van der Waals surface area contributed by atoms with E-state index in [-0.39, 0.29) is 0 Å². The highest BCUT2D eigenvalue weighted by Crippen LogP contribution is 2.17. The van der Waals surface area contributed by atoms with Crippen molar-refractivity contribution in [2.24, 2.45) is 0 Å². The van der Waals surface area contributed by atoms with Crippen LogP contribution in [0.5, 0.6) is 0 Å². The van der Waals surface area contributed by atoms with Crippen LogP contribution in [0.3, 0.4) is 0 Å². The smallest absolute Gasteiger partial charge is 0.265 e. The largest absolute Gasteiger partial charge is 0.438 e. The molecule has 1 nitrogen and oxygen atoms in total. The van der Waals surface area contributed by atoms with Gasteiger partial charge in [-0.2, -0.15) is 13.2 Å². The summed E-state index contributed by atoms with van der Waals surface area (Å²) >= 11 is 2.12. The topological polar surface area (TPSA) is 12.9 Å². The summed E-state index contributed by atoms with van der Waals surface area (Å²) in [5.74, 6) is 0. The molecule has 0 fully saturated rings. The summed E-state index contributed by atoms with van der Waals surface area (Å²) in [5, 5.41) is 0. The molecule has 1 aromatic heterocycles. The first kappa shape index (κ1) is 10.3. The van der Waals surface area contributed by atoms with Crippen LogP contribution in [0.2, 0.25) is 0 Å². The SMILES string of the molecule is FC(F)(F)S.c1ccncc1. The third-order valence-corrected chi connectivity index (χ3v) is 0.566. The third-order valence-electron chi connectivity index (χ3n) is 0.566. The van der Waals surface area contributed by atoms with Crippen LogP contribution in [0.25, 0.3) is 0 Å². The average molecular weight is 181 g/mol. The van der Waals surface area contributed by atoms with E-state index in [0.29, 0.717) is 0 Å². The quantitative estimate of drug-likeness (QED) is 0.607. The molecule has 0 aliphatic carbocycles. The zero-order chi connectivity index (χ0) is 8.74. The van der Waals surface area contributed by atoms with Crippen LogP contribution in [-0.4, -0.2) is 10.5 Å². The molecule has 0 unspecified atom stereocenters. The fourth-order valence-electron chi connectivity index (χ4n) is 0.313. The van der Waals surface area contributed by atoms with Crippen LogP contribution in [0.1, 0.15) is 0 Å². The van der Waals surface area contributed by atoms with E-state index in [0.717, 1.165) is 0 Å². The highest BCUT2D eigenvalue weighted by atomic mass is 32.1. The minimum absolute atomic E-state index is 1.75. The van der Waals surface area contributed by atoms with Gasteiger partial charge >= 0.3 is 5.51 Å². The zero-order valence-corrected chi connectivity index (χ0v) is 6.31. The summed E-state index contributed by atoms with van der Waals surface area (Å²) in [6.45, 7) is 0. The first-order valence-electron chi connectivity index (χ1n) is 2.64. The van der Waals surface area contributed by atoms with E-state index in [4.69, 9.17) is 0 Å². The van der Waals surface area contributed by atoms with Crippen molar-refractivity contribution in [3.63, 3.8) is 0 Å². The molecule has 0 saturated heterocycles. The second-order valence-corrected chi connectivity index (χ2v) is 2.00. The Bertz CT molecular complexity index is 142. The molecule has 1 rings (SSSR count). The lowest BCUT2D eigenvalue weighted by Gasteiger charge is -1.87. The van der Waals surface area contributed by atoms with Gasteiger partial charge in [-0.05, 0) is 12.1 Å². The summed E-state index contributed by atoms with van der Waals surface area (Å²) in [6.07, 6.45) is 3.50. The molecule has 0 saturated carbocycles. The highest BCUT2D eigenvalue weighted by Gasteiger charge is 2.17. The van der Waals surface area contributed by atoms with E-state index in [1.807, 2.05) is 18.2 Å². The van der Waals surface area contributed by atoms with Crippen molar-refractivity contribution in [2.75, 3.05) is 0 Å². The summed E-state index contributed by atoms with van der Waals surface area (Å²) in [7, 11) is 0. The molecule has 1 aromatic rings. The van der Waals surface area contributed by atoms with Gasteiger partial charge in [-0.1, -0.05) is 18.7 Å². The minimum Gasteiger partial charge on any atom is -0.265 e. The molecule has 0 amide bonds. The van der Waals surface area contributed by atoms with E-state index in [1.165, 1.54) is 0 Å². The average Bonchev–Trinajstić information content (AvgIpc) is 1.88. The summed E-state index contributed by atoms with van der Waals surface area (Å²) in [5.41, 5.74) is -4.31. The van der Waals surface area contributed by atoms with Crippen molar-refractivity contribution < 1.29 is 13.2 Å². The van der Waals surface area contributed by atoms with Crippen LogP contribution in [-0.2, 0) is 0 Å². The number of halogens is 3. The Kier molecular flexibility index (Phi) is 4.69. The van der Waals surface area contributed by atoms with Crippen molar-refractivity contribution in [3.05, 3.63) is 30.6 Å². The second-order valence-electron chi connectivity index (χ2n) is 1.49. The van der Waals surface area contributed by atoms with E-state index < -0.39 is 5.51 Å². The maximum Gasteiger partial charge on any atom is 0.438 e. The predicted octanol–water partition coefficient (Wildman–Crippen LogP) is 2.52. The van der Waals surface area contributed by atoms with E-state index in [9.17, 15) is 13.2 Å². The Hall–Kier alpha value is -0.710. The Morgan fingerprint density at radius 1 is 1.00 bits per heavy atom. The van der Waals surface area contributed by atoms with Crippen molar-refractivity contribution >= 4 is 12.6 Å². The maximum atomic E-state index is 10.2. The molecule has 0 spiro atoms. The molecule has 5 heteroatoms. The fourth-order valence-corrected chi connectivity index (χ4v) is 0.313. The van der Waals surface area contributed by atoms with Gasteiger partial charge in [0.1, 0.15) is 0 Å². The molecule has 1 heterocycles. The number of thiol groups is 1. The molecule has 0 bridgehead atoms. The summed E-state index contributed by atoms with van der Waals surface area (Å²) in [4.78, 5) is 3.78. The van der Waals surface area contributed by atoms with Gasteiger partial charge in [0.15, 0.2) is 0 Å². The Morgan fingerprint density at radius 2 is 1.36 bits per heavy atom. The first-order chi connectivity index (χ1) is 5.00. The number of nitrogens with zero attached hydrogens (tertiary/aromatic N) is 1. The number of hydrogen-bond acceptors (Lipinski definition) is 2. The second kappa shape index (κ2) is 5.01. The Balaban J connectivity index is 0.000000187. The van der Waals surface area contributed by atoms with Gasteiger partial charge in [-0.3, -0.25) is 4.98 Å².